The number of nitrogens with one attached hydrogen (secondary N) is 2. The van der Waals surface area contributed by atoms with Crippen molar-refractivity contribution in [1.29, 1.82) is 0 Å². The van der Waals surface area contributed by atoms with E-state index in [0.717, 1.165) is 6.54 Å². The molecule has 0 aromatic carbocycles. The molecule has 106 valence electrons. The molecule has 1 rings (SSSR count). The summed E-state index contributed by atoms with van der Waals surface area (Å²) in [5, 5.41) is 15.1. The fourth-order valence-corrected chi connectivity index (χ4v) is 3.11. The molecule has 2 unspecified atom stereocenters. The Kier molecular flexibility index (Phi) is 6.29. The molecule has 2 atom stereocenters. The average molecular weight is 274 g/mol. The Hall–Kier alpha value is -0.420. The van der Waals surface area contributed by atoms with Gasteiger partial charge in [-0.1, -0.05) is 19.8 Å². The summed E-state index contributed by atoms with van der Waals surface area (Å²) in [5.41, 5.74) is 0.274. The summed E-state index contributed by atoms with van der Waals surface area (Å²) in [4.78, 5) is 11.8. The Labute approximate surface area is 114 Å². The van der Waals surface area contributed by atoms with Crippen LogP contribution in [-0.2, 0) is 0 Å². The lowest BCUT2D eigenvalue weighted by Gasteiger charge is -2.26. The van der Waals surface area contributed by atoms with Crippen LogP contribution in [0.4, 0.5) is 4.79 Å². The zero-order valence-electron chi connectivity index (χ0n) is 11.7. The molecule has 2 amide bonds. The zero-order chi connectivity index (χ0) is 13.6. The topological polar surface area (TPSA) is 61.4 Å². The SMILES string of the molecule is CSC(CO)C(C)NC(=O)NCC1(C)CCCC1. The first-order chi connectivity index (χ1) is 8.50. The van der Waals surface area contributed by atoms with Gasteiger partial charge in [-0.3, -0.25) is 0 Å². The second kappa shape index (κ2) is 7.24. The molecule has 0 aliphatic heterocycles. The standard InChI is InChI=1S/C13H26N2O2S/c1-10(11(8-16)18-3)15-12(17)14-9-13(2)6-4-5-7-13/h10-11,16H,4-9H2,1-3H3,(H2,14,15,17). The molecular weight excluding hydrogens is 248 g/mol. The number of hydrogen-bond acceptors (Lipinski definition) is 3. The summed E-state index contributed by atoms with van der Waals surface area (Å²) in [6.45, 7) is 4.99. The van der Waals surface area contributed by atoms with Crippen molar-refractivity contribution in [2.75, 3.05) is 19.4 Å². The van der Waals surface area contributed by atoms with Crippen molar-refractivity contribution in [1.82, 2.24) is 10.6 Å². The van der Waals surface area contributed by atoms with E-state index in [-0.39, 0.29) is 29.3 Å². The molecule has 0 aromatic rings. The Morgan fingerprint density at radius 2 is 2.06 bits per heavy atom. The van der Waals surface area contributed by atoms with Crippen LogP contribution in [0.15, 0.2) is 0 Å². The van der Waals surface area contributed by atoms with Crippen molar-refractivity contribution >= 4 is 17.8 Å². The van der Waals surface area contributed by atoms with Crippen molar-refractivity contribution in [3.05, 3.63) is 0 Å². The van der Waals surface area contributed by atoms with E-state index in [2.05, 4.69) is 17.6 Å². The Balaban J connectivity index is 2.28. The van der Waals surface area contributed by atoms with Gasteiger partial charge in [0.15, 0.2) is 0 Å². The van der Waals surface area contributed by atoms with Gasteiger partial charge in [0.05, 0.1) is 6.61 Å². The summed E-state index contributed by atoms with van der Waals surface area (Å²) in [5.74, 6) is 0. The number of rotatable bonds is 6. The van der Waals surface area contributed by atoms with Crippen LogP contribution in [0.25, 0.3) is 0 Å². The van der Waals surface area contributed by atoms with E-state index in [1.165, 1.54) is 25.7 Å². The predicted molar refractivity (Wildman–Crippen MR) is 77.0 cm³/mol. The van der Waals surface area contributed by atoms with E-state index in [1.54, 1.807) is 11.8 Å². The van der Waals surface area contributed by atoms with Gasteiger partial charge in [0.25, 0.3) is 0 Å². The number of carbonyl (C=O) groups is 1. The van der Waals surface area contributed by atoms with E-state index in [4.69, 9.17) is 5.11 Å². The lowest BCUT2D eigenvalue weighted by molar-refractivity contribution is 0.224. The van der Waals surface area contributed by atoms with Crippen molar-refractivity contribution in [3.63, 3.8) is 0 Å². The molecule has 18 heavy (non-hydrogen) atoms. The maximum atomic E-state index is 11.8. The Bertz CT molecular complexity index is 264. The van der Waals surface area contributed by atoms with Crippen LogP contribution in [-0.4, -0.2) is 41.8 Å². The summed E-state index contributed by atoms with van der Waals surface area (Å²) in [6.07, 6.45) is 6.89. The minimum absolute atomic E-state index is 0.0265. The Morgan fingerprint density at radius 3 is 2.56 bits per heavy atom. The fourth-order valence-electron chi connectivity index (χ4n) is 2.49. The lowest BCUT2D eigenvalue weighted by atomic mass is 9.89. The van der Waals surface area contributed by atoms with E-state index in [0.29, 0.717) is 0 Å². The molecule has 1 fully saturated rings. The molecule has 0 spiro atoms. The lowest BCUT2D eigenvalue weighted by Crippen LogP contribution is -2.48. The number of hydrogen-bond donors (Lipinski definition) is 3. The third-order valence-corrected chi connectivity index (χ3v) is 5.05. The van der Waals surface area contributed by atoms with Gasteiger partial charge >= 0.3 is 6.03 Å². The molecular formula is C13H26N2O2S. The molecule has 1 saturated carbocycles. The van der Waals surface area contributed by atoms with E-state index in [1.807, 2.05) is 13.2 Å². The van der Waals surface area contributed by atoms with Gasteiger partial charge in [-0.15, -0.1) is 0 Å². The van der Waals surface area contributed by atoms with Gasteiger partial charge in [-0.2, -0.15) is 11.8 Å². The monoisotopic (exact) mass is 274 g/mol. The van der Waals surface area contributed by atoms with Gasteiger partial charge in [-0.05, 0) is 31.4 Å². The van der Waals surface area contributed by atoms with E-state index >= 15 is 0 Å². The number of amides is 2. The van der Waals surface area contributed by atoms with Gasteiger partial charge in [-0.25, -0.2) is 4.79 Å². The van der Waals surface area contributed by atoms with Crippen LogP contribution in [0.5, 0.6) is 0 Å². The van der Waals surface area contributed by atoms with Crippen LogP contribution in [0.2, 0.25) is 0 Å². The molecule has 5 heteroatoms. The number of aliphatic hydroxyl groups is 1. The molecule has 0 radical (unpaired) electrons. The quantitative estimate of drug-likeness (QED) is 0.694. The second-order valence-corrected chi connectivity index (χ2v) is 6.67. The average Bonchev–Trinajstić information content (AvgIpc) is 2.76. The minimum atomic E-state index is -0.122. The normalized spacial score (nSPS) is 21.3. The minimum Gasteiger partial charge on any atom is -0.395 e. The van der Waals surface area contributed by atoms with Gasteiger partial charge < -0.3 is 15.7 Å². The van der Waals surface area contributed by atoms with Gasteiger partial charge in [0, 0.05) is 17.8 Å². The van der Waals surface area contributed by atoms with Crippen LogP contribution in [0.3, 0.4) is 0 Å². The predicted octanol–water partition coefficient (Wildman–Crippen LogP) is 1.98. The maximum Gasteiger partial charge on any atom is 0.315 e. The molecule has 0 heterocycles. The van der Waals surface area contributed by atoms with Crippen molar-refractivity contribution in [2.45, 2.75) is 50.8 Å². The molecule has 4 nitrogen and oxygen atoms in total. The van der Waals surface area contributed by atoms with Gasteiger partial charge in [0.2, 0.25) is 0 Å². The summed E-state index contributed by atoms with van der Waals surface area (Å²) >= 11 is 1.57. The fraction of sp³-hybridized carbons (Fsp3) is 0.923. The summed E-state index contributed by atoms with van der Waals surface area (Å²) in [7, 11) is 0. The van der Waals surface area contributed by atoms with E-state index in [9.17, 15) is 4.79 Å². The number of thioether (sulfide) groups is 1. The van der Waals surface area contributed by atoms with Crippen LogP contribution in [0, 0.1) is 5.41 Å². The largest absolute Gasteiger partial charge is 0.395 e. The summed E-state index contributed by atoms with van der Waals surface area (Å²) < 4.78 is 0. The first kappa shape index (κ1) is 15.6. The highest BCUT2D eigenvalue weighted by atomic mass is 32.2. The molecule has 0 saturated heterocycles. The van der Waals surface area contributed by atoms with Crippen molar-refractivity contribution in [2.24, 2.45) is 5.41 Å². The van der Waals surface area contributed by atoms with Gasteiger partial charge in [0.1, 0.15) is 0 Å². The third-order valence-electron chi connectivity index (χ3n) is 3.89. The number of carbonyl (C=O) groups excluding carboxylic acids is 1. The first-order valence-electron chi connectivity index (χ1n) is 6.69. The van der Waals surface area contributed by atoms with E-state index < -0.39 is 0 Å². The van der Waals surface area contributed by atoms with Crippen LogP contribution >= 0.6 is 11.8 Å². The van der Waals surface area contributed by atoms with Crippen molar-refractivity contribution in [3.8, 4) is 0 Å². The number of aliphatic hydroxyl groups excluding tert-OH is 1. The smallest absolute Gasteiger partial charge is 0.315 e. The third kappa shape index (κ3) is 4.69. The second-order valence-electron chi connectivity index (χ2n) is 5.59. The number of urea groups is 1. The highest BCUT2D eigenvalue weighted by Crippen LogP contribution is 2.36. The molecule has 3 N–H and O–H groups in total. The molecule has 0 bridgehead atoms. The molecule has 1 aliphatic rings. The Morgan fingerprint density at radius 1 is 1.44 bits per heavy atom. The molecule has 1 aliphatic carbocycles. The van der Waals surface area contributed by atoms with Crippen LogP contribution in [0.1, 0.15) is 39.5 Å². The highest BCUT2D eigenvalue weighted by molar-refractivity contribution is 7.99. The maximum absolute atomic E-state index is 11.8. The highest BCUT2D eigenvalue weighted by Gasteiger charge is 2.29. The van der Waals surface area contributed by atoms with Crippen molar-refractivity contribution < 1.29 is 9.90 Å². The molecule has 0 aromatic heterocycles. The van der Waals surface area contributed by atoms with Crippen LogP contribution < -0.4 is 10.6 Å². The summed E-state index contributed by atoms with van der Waals surface area (Å²) in [6, 6.07) is -0.149. The first-order valence-corrected chi connectivity index (χ1v) is 7.97. The zero-order valence-corrected chi connectivity index (χ0v) is 12.5.